The zero-order chi connectivity index (χ0) is 18.9. The average molecular weight is 368 g/mol. The second kappa shape index (κ2) is 6.93. The lowest BCUT2D eigenvalue weighted by Gasteiger charge is -2.22. The Bertz CT molecular complexity index is 1120. The molecular formula is C23H20N4O. The van der Waals surface area contributed by atoms with E-state index in [0.717, 1.165) is 35.3 Å². The molecule has 1 aliphatic carbocycles. The summed E-state index contributed by atoms with van der Waals surface area (Å²) >= 11 is 0. The molecule has 1 amide bonds. The normalized spacial score (nSPS) is 13.6. The number of aromatic nitrogens is 3. The third kappa shape index (κ3) is 3.27. The monoisotopic (exact) mass is 368 g/mol. The molecule has 1 aromatic carbocycles. The van der Waals surface area contributed by atoms with Crippen LogP contribution in [0.3, 0.4) is 0 Å². The van der Waals surface area contributed by atoms with Gasteiger partial charge in [-0.05, 0) is 36.6 Å². The van der Waals surface area contributed by atoms with Crippen molar-refractivity contribution < 1.29 is 4.79 Å². The molecule has 0 N–H and O–H groups in total. The van der Waals surface area contributed by atoms with E-state index >= 15 is 0 Å². The number of rotatable bonds is 5. The molecule has 0 radical (unpaired) electrons. The largest absolute Gasteiger partial charge is 0.331 e. The van der Waals surface area contributed by atoms with Crippen LogP contribution in [-0.2, 0) is 6.54 Å². The van der Waals surface area contributed by atoms with E-state index in [1.807, 2.05) is 82.5 Å². The van der Waals surface area contributed by atoms with Crippen LogP contribution < -0.4 is 0 Å². The van der Waals surface area contributed by atoms with E-state index in [1.165, 1.54) is 0 Å². The fourth-order valence-corrected chi connectivity index (χ4v) is 3.47. The molecule has 0 saturated heterocycles. The fraction of sp³-hybridized carbons (Fsp3) is 0.174. The maximum absolute atomic E-state index is 13.2. The number of amides is 1. The number of hydrogen-bond donors (Lipinski definition) is 0. The summed E-state index contributed by atoms with van der Waals surface area (Å²) < 4.78 is 1.94. The third-order valence-electron chi connectivity index (χ3n) is 5.09. The summed E-state index contributed by atoms with van der Waals surface area (Å²) in [5.74, 6) is 0.0585. The van der Waals surface area contributed by atoms with E-state index in [-0.39, 0.29) is 5.91 Å². The van der Waals surface area contributed by atoms with Gasteiger partial charge in [0.1, 0.15) is 5.65 Å². The molecule has 5 heteroatoms. The Labute approximate surface area is 163 Å². The van der Waals surface area contributed by atoms with Crippen molar-refractivity contribution in [1.29, 1.82) is 0 Å². The summed E-state index contributed by atoms with van der Waals surface area (Å²) in [5, 5.41) is 0. The van der Waals surface area contributed by atoms with E-state index in [1.54, 1.807) is 6.20 Å². The molecular weight excluding hydrogens is 348 g/mol. The predicted molar refractivity (Wildman–Crippen MR) is 108 cm³/mol. The minimum absolute atomic E-state index is 0.0585. The molecule has 1 aliphatic rings. The number of nitrogens with zero attached hydrogens (tertiary/aromatic N) is 4. The topological polar surface area (TPSA) is 50.5 Å². The number of fused-ring (bicyclic) bond motifs is 1. The molecule has 0 bridgehead atoms. The van der Waals surface area contributed by atoms with Gasteiger partial charge in [-0.1, -0.05) is 36.4 Å². The van der Waals surface area contributed by atoms with Gasteiger partial charge in [0.15, 0.2) is 0 Å². The Hall–Kier alpha value is -3.47. The van der Waals surface area contributed by atoms with E-state index < -0.39 is 0 Å². The molecule has 1 saturated carbocycles. The Balaban J connectivity index is 1.45. The number of carbonyl (C=O) groups is 1. The summed E-state index contributed by atoms with van der Waals surface area (Å²) in [6.07, 6.45) is 9.58. The first-order valence-electron chi connectivity index (χ1n) is 9.52. The fourth-order valence-electron chi connectivity index (χ4n) is 3.47. The highest BCUT2D eigenvalue weighted by Crippen LogP contribution is 2.30. The standard InChI is InChI=1S/C23H20N4O/c28-23(27(20-9-10-20)14-17-5-4-12-24-13-17)19-8-11-22-25-21(16-26(22)15-19)18-6-2-1-3-7-18/h1-8,11-13,15-16,20H,9-10,14H2. The van der Waals surface area contributed by atoms with Crippen LogP contribution >= 0.6 is 0 Å². The molecule has 138 valence electrons. The van der Waals surface area contributed by atoms with Crippen molar-refractivity contribution in [1.82, 2.24) is 19.3 Å². The van der Waals surface area contributed by atoms with Gasteiger partial charge in [0, 0.05) is 42.9 Å². The van der Waals surface area contributed by atoms with Crippen LogP contribution in [0.2, 0.25) is 0 Å². The summed E-state index contributed by atoms with van der Waals surface area (Å²) in [6, 6.07) is 18.1. The van der Waals surface area contributed by atoms with Crippen molar-refractivity contribution in [3.8, 4) is 11.3 Å². The highest BCUT2D eigenvalue weighted by atomic mass is 16.2. The van der Waals surface area contributed by atoms with Gasteiger partial charge in [-0.25, -0.2) is 4.98 Å². The first kappa shape index (κ1) is 16.7. The molecule has 5 nitrogen and oxygen atoms in total. The van der Waals surface area contributed by atoms with Crippen molar-refractivity contribution in [3.05, 3.63) is 90.5 Å². The number of benzene rings is 1. The zero-order valence-corrected chi connectivity index (χ0v) is 15.4. The number of imidazole rings is 1. The highest BCUT2D eigenvalue weighted by molar-refractivity contribution is 5.94. The van der Waals surface area contributed by atoms with Gasteiger partial charge >= 0.3 is 0 Å². The van der Waals surface area contributed by atoms with Gasteiger partial charge in [0.2, 0.25) is 0 Å². The van der Waals surface area contributed by atoms with Crippen molar-refractivity contribution in [2.75, 3.05) is 0 Å². The van der Waals surface area contributed by atoms with E-state index in [2.05, 4.69) is 9.97 Å². The van der Waals surface area contributed by atoms with E-state index in [4.69, 9.17) is 0 Å². The Morgan fingerprint density at radius 3 is 2.64 bits per heavy atom. The summed E-state index contributed by atoms with van der Waals surface area (Å²) in [5.41, 5.74) is 4.54. The van der Waals surface area contributed by atoms with Crippen molar-refractivity contribution >= 4 is 11.6 Å². The molecule has 0 atom stereocenters. The molecule has 1 fully saturated rings. The first-order chi connectivity index (χ1) is 13.8. The zero-order valence-electron chi connectivity index (χ0n) is 15.4. The van der Waals surface area contributed by atoms with Gasteiger partial charge in [0.25, 0.3) is 5.91 Å². The number of hydrogen-bond acceptors (Lipinski definition) is 3. The smallest absolute Gasteiger partial charge is 0.255 e. The summed E-state index contributed by atoms with van der Waals surface area (Å²) in [7, 11) is 0. The van der Waals surface area contributed by atoms with Crippen LogP contribution in [0.25, 0.3) is 16.9 Å². The van der Waals surface area contributed by atoms with Crippen LogP contribution in [0.1, 0.15) is 28.8 Å². The van der Waals surface area contributed by atoms with E-state index in [0.29, 0.717) is 18.2 Å². The SMILES string of the molecule is O=C(c1ccc2nc(-c3ccccc3)cn2c1)N(Cc1cccnc1)C1CC1. The minimum Gasteiger partial charge on any atom is -0.331 e. The van der Waals surface area contributed by atoms with Crippen molar-refractivity contribution in [3.63, 3.8) is 0 Å². The van der Waals surface area contributed by atoms with Crippen LogP contribution in [0, 0.1) is 0 Å². The number of carbonyl (C=O) groups excluding carboxylic acids is 1. The van der Waals surface area contributed by atoms with Gasteiger partial charge in [-0.3, -0.25) is 9.78 Å². The maximum Gasteiger partial charge on any atom is 0.255 e. The molecule has 5 rings (SSSR count). The summed E-state index contributed by atoms with van der Waals surface area (Å²) in [4.78, 5) is 24.0. The number of pyridine rings is 2. The Kier molecular flexibility index (Phi) is 4.13. The highest BCUT2D eigenvalue weighted by Gasteiger charge is 2.33. The first-order valence-corrected chi connectivity index (χ1v) is 9.52. The van der Waals surface area contributed by atoms with Crippen molar-refractivity contribution in [2.45, 2.75) is 25.4 Å². The second-order valence-electron chi connectivity index (χ2n) is 7.20. The molecule has 28 heavy (non-hydrogen) atoms. The molecule has 0 unspecified atom stereocenters. The average Bonchev–Trinajstić information content (AvgIpc) is 3.50. The summed E-state index contributed by atoms with van der Waals surface area (Å²) in [6.45, 7) is 0.592. The van der Waals surface area contributed by atoms with Gasteiger partial charge < -0.3 is 9.30 Å². The lowest BCUT2D eigenvalue weighted by Crippen LogP contribution is -2.32. The lowest BCUT2D eigenvalue weighted by atomic mass is 10.2. The van der Waals surface area contributed by atoms with Crippen LogP contribution in [0.4, 0.5) is 0 Å². The molecule has 0 aliphatic heterocycles. The maximum atomic E-state index is 13.2. The lowest BCUT2D eigenvalue weighted by molar-refractivity contribution is 0.0729. The second-order valence-corrected chi connectivity index (χ2v) is 7.20. The molecule has 0 spiro atoms. The quantitative estimate of drug-likeness (QED) is 0.530. The minimum atomic E-state index is 0.0585. The van der Waals surface area contributed by atoms with Crippen molar-refractivity contribution in [2.24, 2.45) is 0 Å². The van der Waals surface area contributed by atoms with Gasteiger partial charge in [-0.15, -0.1) is 0 Å². The molecule has 3 heterocycles. The van der Waals surface area contributed by atoms with Gasteiger partial charge in [-0.2, -0.15) is 0 Å². The van der Waals surface area contributed by atoms with Crippen LogP contribution in [0.15, 0.2) is 79.4 Å². The molecule has 3 aromatic heterocycles. The van der Waals surface area contributed by atoms with E-state index in [9.17, 15) is 4.79 Å². The third-order valence-corrected chi connectivity index (χ3v) is 5.09. The van der Waals surface area contributed by atoms with Crippen LogP contribution in [0.5, 0.6) is 0 Å². The Morgan fingerprint density at radius 2 is 1.89 bits per heavy atom. The molecule has 4 aromatic rings. The van der Waals surface area contributed by atoms with Crippen LogP contribution in [-0.4, -0.2) is 31.2 Å². The van der Waals surface area contributed by atoms with Gasteiger partial charge in [0.05, 0.1) is 11.3 Å². The Morgan fingerprint density at radius 1 is 1.04 bits per heavy atom. The predicted octanol–water partition coefficient (Wildman–Crippen LogP) is 4.20.